The molecule has 2 fully saturated rings. The minimum absolute atomic E-state index is 0.269. The predicted molar refractivity (Wildman–Crippen MR) is 85.3 cm³/mol. The maximum absolute atomic E-state index is 5.65. The van der Waals surface area contributed by atoms with Crippen LogP contribution in [0.3, 0.4) is 0 Å². The average Bonchev–Trinajstić information content (AvgIpc) is 2.95. The van der Waals surface area contributed by atoms with Crippen LogP contribution in [0.2, 0.25) is 0 Å². The average molecular weight is 293 g/mol. The van der Waals surface area contributed by atoms with Gasteiger partial charge in [-0.05, 0) is 43.7 Å². The SMILES string of the molecule is NC(CCl)=Nc1ccc(N2CCN3CCCC3C2)cc1. The van der Waals surface area contributed by atoms with E-state index in [-0.39, 0.29) is 5.88 Å². The van der Waals surface area contributed by atoms with Gasteiger partial charge in [0.05, 0.1) is 11.6 Å². The van der Waals surface area contributed by atoms with Crippen LogP contribution in [0.1, 0.15) is 12.8 Å². The molecule has 2 saturated heterocycles. The van der Waals surface area contributed by atoms with Crippen molar-refractivity contribution in [3.05, 3.63) is 24.3 Å². The molecule has 0 spiro atoms. The van der Waals surface area contributed by atoms with Gasteiger partial charge in [-0.2, -0.15) is 0 Å². The van der Waals surface area contributed by atoms with Crippen LogP contribution in [-0.2, 0) is 0 Å². The van der Waals surface area contributed by atoms with Crippen LogP contribution < -0.4 is 10.6 Å². The first-order chi connectivity index (χ1) is 9.76. The van der Waals surface area contributed by atoms with E-state index in [9.17, 15) is 0 Å². The third kappa shape index (κ3) is 2.91. The maximum Gasteiger partial charge on any atom is 0.115 e. The van der Waals surface area contributed by atoms with Crippen molar-refractivity contribution in [2.45, 2.75) is 18.9 Å². The summed E-state index contributed by atoms with van der Waals surface area (Å²) in [5, 5.41) is 0. The molecule has 2 aliphatic rings. The molecule has 0 aliphatic carbocycles. The van der Waals surface area contributed by atoms with Gasteiger partial charge in [-0.3, -0.25) is 4.90 Å². The zero-order chi connectivity index (χ0) is 13.9. The summed E-state index contributed by atoms with van der Waals surface area (Å²) in [5.74, 6) is 0.727. The molecule has 1 aromatic rings. The minimum Gasteiger partial charge on any atom is -0.386 e. The number of alkyl halides is 1. The van der Waals surface area contributed by atoms with Crippen molar-refractivity contribution in [2.24, 2.45) is 10.7 Å². The van der Waals surface area contributed by atoms with Gasteiger partial charge in [-0.1, -0.05) is 0 Å². The molecule has 1 atom stereocenters. The highest BCUT2D eigenvalue weighted by atomic mass is 35.5. The third-order valence-corrected chi connectivity index (χ3v) is 4.49. The Balaban J connectivity index is 1.68. The molecule has 2 heterocycles. The smallest absolute Gasteiger partial charge is 0.115 e. The summed E-state index contributed by atoms with van der Waals surface area (Å²) in [4.78, 5) is 9.35. The maximum atomic E-state index is 5.65. The van der Waals surface area contributed by atoms with Gasteiger partial charge >= 0.3 is 0 Å². The highest BCUT2D eigenvalue weighted by Gasteiger charge is 2.30. The van der Waals surface area contributed by atoms with Gasteiger partial charge in [0.1, 0.15) is 5.84 Å². The number of halogens is 1. The molecule has 20 heavy (non-hydrogen) atoms. The first-order valence-corrected chi connectivity index (χ1v) is 7.78. The Bertz CT molecular complexity index is 485. The van der Waals surface area contributed by atoms with Crippen LogP contribution in [0.25, 0.3) is 0 Å². The summed E-state index contributed by atoms with van der Waals surface area (Å²) in [6.07, 6.45) is 2.69. The van der Waals surface area contributed by atoms with Crippen LogP contribution in [0, 0.1) is 0 Å². The van der Waals surface area contributed by atoms with E-state index in [1.165, 1.54) is 31.6 Å². The van der Waals surface area contributed by atoms with Gasteiger partial charge in [0.15, 0.2) is 0 Å². The van der Waals surface area contributed by atoms with Crippen molar-refractivity contribution in [1.29, 1.82) is 0 Å². The number of nitrogens with zero attached hydrogens (tertiary/aromatic N) is 3. The Morgan fingerprint density at radius 1 is 1.25 bits per heavy atom. The largest absolute Gasteiger partial charge is 0.386 e. The number of aliphatic imine (C=N–C) groups is 1. The van der Waals surface area contributed by atoms with Gasteiger partial charge in [0, 0.05) is 31.4 Å². The molecule has 108 valence electrons. The number of nitrogens with two attached hydrogens (primary N) is 1. The zero-order valence-electron chi connectivity index (χ0n) is 11.6. The lowest BCUT2D eigenvalue weighted by atomic mass is 10.1. The Hall–Kier alpha value is -1.26. The summed E-state index contributed by atoms with van der Waals surface area (Å²) in [5.41, 5.74) is 7.79. The molecule has 1 aromatic carbocycles. The lowest BCUT2D eigenvalue weighted by molar-refractivity contribution is 0.231. The number of fused-ring (bicyclic) bond motifs is 1. The topological polar surface area (TPSA) is 44.9 Å². The van der Waals surface area contributed by atoms with Gasteiger partial charge in [-0.15, -0.1) is 11.6 Å². The molecule has 0 radical (unpaired) electrons. The van der Waals surface area contributed by atoms with E-state index >= 15 is 0 Å². The number of hydrogen-bond acceptors (Lipinski definition) is 3. The molecular weight excluding hydrogens is 272 g/mol. The van der Waals surface area contributed by atoms with Crippen molar-refractivity contribution in [3.63, 3.8) is 0 Å². The van der Waals surface area contributed by atoms with Crippen molar-refractivity contribution in [1.82, 2.24) is 4.90 Å². The van der Waals surface area contributed by atoms with Crippen LogP contribution in [0.5, 0.6) is 0 Å². The molecule has 2 N–H and O–H groups in total. The molecule has 0 saturated carbocycles. The number of amidine groups is 1. The second-order valence-electron chi connectivity index (χ2n) is 5.53. The van der Waals surface area contributed by atoms with Crippen LogP contribution in [-0.4, -0.2) is 48.8 Å². The van der Waals surface area contributed by atoms with E-state index in [0.717, 1.165) is 24.8 Å². The Labute approximate surface area is 125 Å². The molecular formula is C15H21ClN4. The first kappa shape index (κ1) is 13.7. The second-order valence-corrected chi connectivity index (χ2v) is 5.80. The fourth-order valence-corrected chi connectivity index (χ4v) is 3.22. The lowest BCUT2D eigenvalue weighted by Gasteiger charge is -2.38. The highest BCUT2D eigenvalue weighted by molar-refractivity contribution is 6.28. The molecule has 0 bridgehead atoms. The summed E-state index contributed by atoms with van der Waals surface area (Å²) >= 11 is 5.64. The first-order valence-electron chi connectivity index (χ1n) is 7.24. The molecule has 1 unspecified atom stereocenters. The Kier molecular flexibility index (Phi) is 4.13. The number of hydrogen-bond donors (Lipinski definition) is 1. The number of anilines is 1. The number of piperazine rings is 1. The summed E-state index contributed by atoms with van der Waals surface area (Å²) in [6.45, 7) is 4.73. The molecule has 3 rings (SSSR count). The normalized spacial score (nSPS) is 23.9. The van der Waals surface area contributed by atoms with Crippen LogP contribution in [0.15, 0.2) is 29.3 Å². The van der Waals surface area contributed by atoms with Crippen molar-refractivity contribution in [3.8, 4) is 0 Å². The molecule has 4 nitrogen and oxygen atoms in total. The zero-order valence-corrected chi connectivity index (χ0v) is 12.4. The van der Waals surface area contributed by atoms with Gasteiger partial charge in [-0.25, -0.2) is 4.99 Å². The van der Waals surface area contributed by atoms with E-state index in [1.807, 2.05) is 12.1 Å². The second kappa shape index (κ2) is 6.02. The van der Waals surface area contributed by atoms with Gasteiger partial charge in [0.25, 0.3) is 0 Å². The molecule has 5 heteroatoms. The van der Waals surface area contributed by atoms with Crippen LogP contribution >= 0.6 is 11.6 Å². The molecule has 2 aliphatic heterocycles. The fraction of sp³-hybridized carbons (Fsp3) is 0.533. The van der Waals surface area contributed by atoms with E-state index < -0.39 is 0 Å². The minimum atomic E-state index is 0.269. The fourth-order valence-electron chi connectivity index (χ4n) is 3.16. The van der Waals surface area contributed by atoms with Gasteiger partial charge < -0.3 is 10.6 Å². The quantitative estimate of drug-likeness (QED) is 0.528. The molecule has 0 aromatic heterocycles. The van der Waals surface area contributed by atoms with Crippen molar-refractivity contribution >= 4 is 28.8 Å². The summed E-state index contributed by atoms with van der Waals surface area (Å²) in [6, 6.07) is 9.02. The van der Waals surface area contributed by atoms with Crippen LogP contribution in [0.4, 0.5) is 11.4 Å². The van der Waals surface area contributed by atoms with E-state index in [0.29, 0.717) is 5.84 Å². The summed E-state index contributed by atoms with van der Waals surface area (Å²) in [7, 11) is 0. The monoisotopic (exact) mass is 292 g/mol. The summed E-state index contributed by atoms with van der Waals surface area (Å²) < 4.78 is 0. The molecule has 0 amide bonds. The Morgan fingerprint density at radius 2 is 2.05 bits per heavy atom. The van der Waals surface area contributed by atoms with E-state index in [4.69, 9.17) is 17.3 Å². The Morgan fingerprint density at radius 3 is 2.80 bits per heavy atom. The highest BCUT2D eigenvalue weighted by Crippen LogP contribution is 2.26. The standard InChI is InChI=1S/C15H21ClN4/c16-10-15(17)18-12-3-5-13(6-4-12)20-9-8-19-7-1-2-14(19)11-20/h3-6,14H,1-2,7-11H2,(H2,17,18). The predicted octanol–water partition coefficient (Wildman–Crippen LogP) is 2.20. The van der Waals surface area contributed by atoms with E-state index in [2.05, 4.69) is 26.9 Å². The number of rotatable bonds is 3. The van der Waals surface area contributed by atoms with E-state index in [1.54, 1.807) is 0 Å². The van der Waals surface area contributed by atoms with Crippen molar-refractivity contribution in [2.75, 3.05) is 37.0 Å². The van der Waals surface area contributed by atoms with Crippen molar-refractivity contribution < 1.29 is 0 Å². The third-order valence-electron chi connectivity index (χ3n) is 4.21. The number of benzene rings is 1. The van der Waals surface area contributed by atoms with Gasteiger partial charge in [0.2, 0.25) is 0 Å². The lowest BCUT2D eigenvalue weighted by Crippen LogP contribution is -2.50.